The second-order valence-electron chi connectivity index (χ2n) is 5.87. The van der Waals surface area contributed by atoms with Gasteiger partial charge < -0.3 is 0 Å². The van der Waals surface area contributed by atoms with Crippen molar-refractivity contribution in [3.05, 3.63) is 70.7 Å². The zero-order valence-corrected chi connectivity index (χ0v) is 14.9. The van der Waals surface area contributed by atoms with E-state index in [4.69, 9.17) is 0 Å². The van der Waals surface area contributed by atoms with Gasteiger partial charge in [0, 0.05) is 23.8 Å². The average Bonchev–Trinajstić information content (AvgIpc) is 2.94. The van der Waals surface area contributed by atoms with E-state index >= 15 is 0 Å². The maximum absolute atomic E-state index is 12.0. The van der Waals surface area contributed by atoms with Crippen LogP contribution in [0, 0.1) is 0 Å². The molecule has 0 aliphatic carbocycles. The topological polar surface area (TPSA) is 83.6 Å². The third-order valence-electron chi connectivity index (χ3n) is 4.10. The molecule has 2 rings (SSSR count). The van der Waals surface area contributed by atoms with Gasteiger partial charge >= 0.3 is 0 Å². The molecule has 0 bridgehead atoms. The number of amides is 4. The number of carbonyl (C=O) groups excluding carboxylic acids is 4. The van der Waals surface area contributed by atoms with Gasteiger partial charge in [0.15, 0.2) is 7.28 Å². The van der Waals surface area contributed by atoms with Gasteiger partial charge in [-0.2, -0.15) is 0 Å². The van der Waals surface area contributed by atoms with E-state index in [1.54, 1.807) is 45.4 Å². The van der Waals surface area contributed by atoms with Crippen molar-refractivity contribution in [3.8, 4) is 0 Å². The van der Waals surface area contributed by atoms with E-state index < -0.39 is 11.8 Å². The predicted octanol–water partition coefficient (Wildman–Crippen LogP) is 1.12. The van der Waals surface area contributed by atoms with Gasteiger partial charge in [-0.1, -0.05) is 35.8 Å². The van der Waals surface area contributed by atoms with Gasteiger partial charge in [0.1, 0.15) is 0 Å². The fourth-order valence-electron chi connectivity index (χ4n) is 2.48. The normalized spacial score (nSPS) is 20.1. The molecule has 0 aromatic rings. The van der Waals surface area contributed by atoms with Gasteiger partial charge in [0.05, 0.1) is 5.57 Å². The zero-order chi connectivity index (χ0) is 19.6. The highest BCUT2D eigenvalue weighted by atomic mass is 16.2. The van der Waals surface area contributed by atoms with Crippen LogP contribution >= 0.6 is 0 Å². The summed E-state index contributed by atoms with van der Waals surface area (Å²) in [6, 6.07) is 0. The summed E-state index contributed by atoms with van der Waals surface area (Å²) in [6.45, 7) is 10.9. The van der Waals surface area contributed by atoms with Crippen LogP contribution in [0.4, 0.5) is 0 Å². The maximum Gasteiger partial charge on any atom is 0.260 e. The molecule has 2 aliphatic heterocycles. The first-order chi connectivity index (χ1) is 12.2. The first kappa shape index (κ1) is 19.1. The lowest BCUT2D eigenvalue weighted by Crippen LogP contribution is -2.26. The minimum Gasteiger partial charge on any atom is -0.288 e. The van der Waals surface area contributed by atoms with Crippen molar-refractivity contribution in [2.75, 3.05) is 7.05 Å². The number of imide groups is 2. The summed E-state index contributed by atoms with van der Waals surface area (Å²) < 4.78 is 0. The minimum absolute atomic E-state index is 0.114. The highest BCUT2D eigenvalue weighted by molar-refractivity contribution is 6.55. The summed E-state index contributed by atoms with van der Waals surface area (Å²) in [5.74, 6) is -1.68. The SMILES string of the molecule is C=C([B]C(=C/C)/C=C1\C(=C)C(=O)NC1=O)/C=C\C1=C(C)C(=O)N(C)C1=O. The van der Waals surface area contributed by atoms with E-state index in [-0.39, 0.29) is 23.0 Å². The lowest BCUT2D eigenvalue weighted by molar-refractivity contribution is -0.136. The quantitative estimate of drug-likeness (QED) is 0.349. The monoisotopic (exact) mass is 349 g/mol. The van der Waals surface area contributed by atoms with Crippen molar-refractivity contribution < 1.29 is 19.2 Å². The van der Waals surface area contributed by atoms with Gasteiger partial charge in [-0.05, 0) is 19.9 Å². The Kier molecular flexibility index (Phi) is 5.40. The summed E-state index contributed by atoms with van der Waals surface area (Å²) in [7, 11) is 3.12. The van der Waals surface area contributed by atoms with Crippen LogP contribution in [0.25, 0.3) is 0 Å². The van der Waals surface area contributed by atoms with Gasteiger partial charge in [0.25, 0.3) is 23.6 Å². The molecule has 1 fully saturated rings. The molecular formula is C19H18BN2O4. The van der Waals surface area contributed by atoms with Gasteiger partial charge in [-0.15, -0.1) is 6.58 Å². The molecule has 131 valence electrons. The van der Waals surface area contributed by atoms with E-state index in [2.05, 4.69) is 18.5 Å². The molecule has 1 N–H and O–H groups in total. The first-order valence-corrected chi connectivity index (χ1v) is 7.85. The van der Waals surface area contributed by atoms with Crippen molar-refractivity contribution >= 4 is 30.9 Å². The van der Waals surface area contributed by atoms with E-state index in [1.165, 1.54) is 7.05 Å². The van der Waals surface area contributed by atoms with Crippen LogP contribution in [0.3, 0.4) is 0 Å². The van der Waals surface area contributed by atoms with Crippen LogP contribution in [0.2, 0.25) is 0 Å². The number of allylic oxidation sites excluding steroid dienone is 5. The maximum atomic E-state index is 12.0. The second kappa shape index (κ2) is 7.35. The Balaban J connectivity index is 2.13. The molecule has 0 unspecified atom stereocenters. The molecule has 4 amide bonds. The standard InChI is InChI=1S/C19H18BN2O4/c1-6-13(9-15-11(3)16(23)21-17(15)24)20-10(2)7-8-14-12(4)18(25)22(5)19(14)26/h6-9H,2-3H2,1,4-5H3,(H,21,23,24)/b8-7-,13-6+,15-9+. The Morgan fingerprint density at radius 1 is 1.15 bits per heavy atom. The van der Waals surface area contributed by atoms with E-state index in [1.807, 2.05) is 0 Å². The van der Waals surface area contributed by atoms with Crippen LogP contribution in [-0.4, -0.2) is 42.9 Å². The highest BCUT2D eigenvalue weighted by Crippen LogP contribution is 2.21. The van der Waals surface area contributed by atoms with Crippen molar-refractivity contribution in [3.63, 3.8) is 0 Å². The van der Waals surface area contributed by atoms with Crippen LogP contribution < -0.4 is 5.32 Å². The third kappa shape index (κ3) is 3.56. The minimum atomic E-state index is -0.508. The van der Waals surface area contributed by atoms with Crippen molar-refractivity contribution in [1.29, 1.82) is 0 Å². The van der Waals surface area contributed by atoms with Crippen molar-refractivity contribution in [1.82, 2.24) is 10.2 Å². The molecule has 1 radical (unpaired) electrons. The molecule has 0 aromatic heterocycles. The largest absolute Gasteiger partial charge is 0.288 e. The number of likely N-dealkylation sites (N-methyl/N-ethyl adjacent to an activating group) is 1. The molecular weight excluding hydrogens is 331 g/mol. The van der Waals surface area contributed by atoms with E-state index in [0.29, 0.717) is 22.1 Å². The Morgan fingerprint density at radius 3 is 2.27 bits per heavy atom. The number of hydrogen-bond donors (Lipinski definition) is 1. The second-order valence-corrected chi connectivity index (χ2v) is 5.87. The van der Waals surface area contributed by atoms with Gasteiger partial charge in [-0.3, -0.25) is 29.4 Å². The summed E-state index contributed by atoms with van der Waals surface area (Å²) in [5, 5.41) is 2.18. The Morgan fingerprint density at radius 2 is 1.81 bits per heavy atom. The Bertz CT molecular complexity index is 887. The Labute approximate surface area is 152 Å². The lowest BCUT2D eigenvalue weighted by atomic mass is 9.62. The number of rotatable bonds is 5. The third-order valence-corrected chi connectivity index (χ3v) is 4.10. The summed E-state index contributed by atoms with van der Waals surface area (Å²) in [5.41, 5.74) is 2.22. The van der Waals surface area contributed by atoms with Crippen LogP contribution in [0.5, 0.6) is 0 Å². The summed E-state index contributed by atoms with van der Waals surface area (Å²) in [6.07, 6.45) is 6.45. The van der Waals surface area contributed by atoms with Gasteiger partial charge in [0.2, 0.25) is 0 Å². The van der Waals surface area contributed by atoms with E-state index in [0.717, 1.165) is 4.90 Å². The molecule has 2 heterocycles. The average molecular weight is 349 g/mol. The van der Waals surface area contributed by atoms with Crippen molar-refractivity contribution in [2.45, 2.75) is 13.8 Å². The van der Waals surface area contributed by atoms with Crippen LogP contribution in [0.15, 0.2) is 70.7 Å². The zero-order valence-electron chi connectivity index (χ0n) is 14.9. The van der Waals surface area contributed by atoms with E-state index in [9.17, 15) is 19.2 Å². The highest BCUT2D eigenvalue weighted by Gasteiger charge is 2.31. The molecule has 6 nitrogen and oxygen atoms in total. The molecule has 0 aromatic carbocycles. The molecule has 7 heteroatoms. The number of nitrogens with zero attached hydrogens (tertiary/aromatic N) is 1. The van der Waals surface area contributed by atoms with Crippen LogP contribution in [-0.2, 0) is 19.2 Å². The molecule has 0 spiro atoms. The first-order valence-electron chi connectivity index (χ1n) is 7.85. The number of carbonyl (C=O) groups is 4. The fraction of sp³-hybridized carbons (Fsp3) is 0.158. The molecule has 0 saturated carbocycles. The molecule has 2 aliphatic rings. The molecule has 26 heavy (non-hydrogen) atoms. The smallest absolute Gasteiger partial charge is 0.260 e. The van der Waals surface area contributed by atoms with Crippen LogP contribution in [0.1, 0.15) is 13.8 Å². The predicted molar refractivity (Wildman–Crippen MR) is 98.6 cm³/mol. The molecule has 0 atom stereocenters. The lowest BCUT2D eigenvalue weighted by Gasteiger charge is -2.05. The van der Waals surface area contributed by atoms with Gasteiger partial charge in [-0.25, -0.2) is 0 Å². The summed E-state index contributed by atoms with van der Waals surface area (Å²) in [4.78, 5) is 48.0. The summed E-state index contributed by atoms with van der Waals surface area (Å²) >= 11 is 0. The van der Waals surface area contributed by atoms with Crippen molar-refractivity contribution in [2.24, 2.45) is 0 Å². The fourth-order valence-corrected chi connectivity index (χ4v) is 2.48. The number of nitrogens with one attached hydrogen (secondary N) is 1. The Hall–Kier alpha value is -3.22. The number of hydrogen-bond acceptors (Lipinski definition) is 4. The molecule has 1 saturated heterocycles.